The van der Waals surface area contributed by atoms with Crippen LogP contribution >= 0.6 is 11.6 Å². The molecular weight excluding hydrogens is 438 g/mol. The molecule has 0 saturated heterocycles. The van der Waals surface area contributed by atoms with Crippen LogP contribution in [0.5, 0.6) is 0 Å². The number of carbonyl (C=O) groups is 2. The molecule has 1 aliphatic carbocycles. The summed E-state index contributed by atoms with van der Waals surface area (Å²) in [4.78, 5) is 24.9. The van der Waals surface area contributed by atoms with Crippen molar-refractivity contribution in [3.8, 4) is 0 Å². The van der Waals surface area contributed by atoms with Gasteiger partial charge in [-0.2, -0.15) is 0 Å². The van der Waals surface area contributed by atoms with Crippen molar-refractivity contribution in [3.63, 3.8) is 0 Å². The van der Waals surface area contributed by atoms with Crippen molar-refractivity contribution < 1.29 is 23.1 Å². The molecule has 1 aromatic carbocycles. The van der Waals surface area contributed by atoms with E-state index in [9.17, 15) is 18.4 Å². The van der Waals surface area contributed by atoms with Crippen molar-refractivity contribution in [2.24, 2.45) is 5.92 Å². The van der Waals surface area contributed by atoms with Crippen LogP contribution in [0.4, 0.5) is 13.6 Å². The molecule has 1 heterocycles. The molecule has 5 nitrogen and oxygen atoms in total. The minimum absolute atomic E-state index is 0.0423. The van der Waals surface area contributed by atoms with Crippen LogP contribution in [0.2, 0.25) is 5.02 Å². The van der Waals surface area contributed by atoms with Crippen molar-refractivity contribution >= 4 is 34.4 Å². The maximum Gasteiger partial charge on any atom is 0.407 e. The number of hydrogen-bond acceptors (Lipinski definition) is 3. The zero-order valence-electron chi connectivity index (χ0n) is 18.8. The second-order valence-corrected chi connectivity index (χ2v) is 9.97. The van der Waals surface area contributed by atoms with Gasteiger partial charge in [0.15, 0.2) is 5.78 Å². The van der Waals surface area contributed by atoms with Crippen molar-refractivity contribution in [1.82, 2.24) is 9.88 Å². The molecule has 1 fully saturated rings. The average Bonchev–Trinajstić information content (AvgIpc) is 3.06. The summed E-state index contributed by atoms with van der Waals surface area (Å²) < 4.78 is 33.9. The lowest BCUT2D eigenvalue weighted by molar-refractivity contribution is -0.0464. The normalized spacial score (nSPS) is 16.8. The van der Waals surface area contributed by atoms with Gasteiger partial charge in [-0.15, -0.1) is 0 Å². The number of rotatable bonds is 7. The van der Waals surface area contributed by atoms with E-state index in [-0.39, 0.29) is 24.5 Å². The Bertz CT molecular complexity index is 972. The third-order valence-electron chi connectivity index (χ3n) is 5.79. The molecule has 0 spiro atoms. The van der Waals surface area contributed by atoms with E-state index in [0.29, 0.717) is 54.7 Å². The van der Waals surface area contributed by atoms with Gasteiger partial charge in [-0.1, -0.05) is 17.7 Å². The molecule has 3 rings (SSSR count). The number of fused-ring (bicyclic) bond motifs is 1. The van der Waals surface area contributed by atoms with Crippen LogP contribution in [0.25, 0.3) is 10.9 Å². The van der Waals surface area contributed by atoms with Crippen LogP contribution in [0.1, 0.15) is 69.7 Å². The first kappa shape index (κ1) is 24.5. The molecule has 0 radical (unpaired) electrons. The summed E-state index contributed by atoms with van der Waals surface area (Å²) in [6, 6.07) is 5.45. The summed E-state index contributed by atoms with van der Waals surface area (Å²) in [5.74, 6) is -2.45. The quantitative estimate of drug-likeness (QED) is 0.465. The van der Waals surface area contributed by atoms with E-state index < -0.39 is 17.6 Å². The van der Waals surface area contributed by atoms with E-state index in [4.69, 9.17) is 16.3 Å². The fourth-order valence-corrected chi connectivity index (χ4v) is 4.43. The highest BCUT2D eigenvalue weighted by atomic mass is 35.5. The first-order valence-electron chi connectivity index (χ1n) is 11.1. The highest BCUT2D eigenvalue weighted by Crippen LogP contribution is 2.38. The molecule has 0 bridgehead atoms. The second kappa shape index (κ2) is 9.77. The Hall–Kier alpha value is -2.15. The van der Waals surface area contributed by atoms with Crippen molar-refractivity contribution in [2.75, 3.05) is 6.54 Å². The predicted octanol–water partition coefficient (Wildman–Crippen LogP) is 6.61. The van der Waals surface area contributed by atoms with Gasteiger partial charge in [-0.25, -0.2) is 13.6 Å². The number of ether oxygens (including phenoxy) is 1. The van der Waals surface area contributed by atoms with E-state index in [2.05, 4.69) is 5.32 Å². The highest BCUT2D eigenvalue weighted by molar-refractivity contribution is 6.37. The molecule has 2 aromatic rings. The Kier molecular flexibility index (Phi) is 7.48. The fraction of sp³-hybridized carbons (Fsp3) is 0.583. The second-order valence-electron chi connectivity index (χ2n) is 9.56. The zero-order chi connectivity index (χ0) is 23.5. The van der Waals surface area contributed by atoms with E-state index in [1.165, 1.54) is 0 Å². The third kappa shape index (κ3) is 6.44. The molecule has 0 unspecified atom stereocenters. The number of halogens is 3. The average molecular weight is 469 g/mol. The van der Waals surface area contributed by atoms with Gasteiger partial charge >= 0.3 is 6.09 Å². The van der Waals surface area contributed by atoms with Crippen LogP contribution in [-0.4, -0.2) is 34.5 Å². The molecular formula is C24H31ClF2N2O3. The molecule has 1 amide bonds. The molecule has 1 aliphatic rings. The van der Waals surface area contributed by atoms with Gasteiger partial charge in [0.25, 0.3) is 0 Å². The third-order valence-corrected chi connectivity index (χ3v) is 6.11. The van der Waals surface area contributed by atoms with E-state index in [0.717, 1.165) is 5.52 Å². The van der Waals surface area contributed by atoms with Gasteiger partial charge in [0, 0.05) is 49.5 Å². The smallest absolute Gasteiger partial charge is 0.407 e. The van der Waals surface area contributed by atoms with Crippen LogP contribution in [-0.2, 0) is 11.3 Å². The number of amides is 1. The van der Waals surface area contributed by atoms with Gasteiger partial charge in [0.05, 0.1) is 10.5 Å². The number of nitrogens with zero attached hydrogens (tertiary/aromatic N) is 1. The Morgan fingerprint density at radius 2 is 1.94 bits per heavy atom. The number of alkyl halides is 2. The summed E-state index contributed by atoms with van der Waals surface area (Å²) in [5.41, 5.74) is 0.763. The maximum absolute atomic E-state index is 13.4. The Balaban J connectivity index is 1.66. The molecule has 0 atom stereocenters. The van der Waals surface area contributed by atoms with Crippen LogP contribution in [0.15, 0.2) is 24.4 Å². The van der Waals surface area contributed by atoms with Crippen molar-refractivity contribution in [2.45, 2.75) is 77.4 Å². The van der Waals surface area contributed by atoms with Crippen LogP contribution in [0, 0.1) is 5.92 Å². The van der Waals surface area contributed by atoms with Gasteiger partial charge in [0.2, 0.25) is 5.92 Å². The van der Waals surface area contributed by atoms with E-state index >= 15 is 0 Å². The zero-order valence-corrected chi connectivity index (χ0v) is 19.6. The molecule has 1 N–H and O–H groups in total. The number of benzene rings is 1. The fourth-order valence-electron chi connectivity index (χ4n) is 4.16. The molecule has 8 heteroatoms. The molecule has 1 saturated carbocycles. The number of ketones is 1. The predicted molar refractivity (Wildman–Crippen MR) is 122 cm³/mol. The topological polar surface area (TPSA) is 60.3 Å². The Morgan fingerprint density at radius 1 is 1.25 bits per heavy atom. The van der Waals surface area contributed by atoms with Crippen LogP contribution in [0.3, 0.4) is 0 Å². The summed E-state index contributed by atoms with van der Waals surface area (Å²) in [7, 11) is 0. The molecule has 176 valence electrons. The van der Waals surface area contributed by atoms with Gasteiger partial charge < -0.3 is 14.6 Å². The first-order valence-corrected chi connectivity index (χ1v) is 11.5. The lowest BCUT2D eigenvalue weighted by Gasteiger charge is -2.27. The Labute approximate surface area is 192 Å². The monoisotopic (exact) mass is 468 g/mol. The number of alkyl carbamates (subject to hydrolysis) is 1. The number of hydrogen-bond donors (Lipinski definition) is 1. The van der Waals surface area contributed by atoms with Gasteiger partial charge in [-0.3, -0.25) is 4.79 Å². The highest BCUT2D eigenvalue weighted by Gasteiger charge is 2.34. The van der Waals surface area contributed by atoms with E-state index in [1.54, 1.807) is 33.0 Å². The minimum atomic E-state index is -2.56. The minimum Gasteiger partial charge on any atom is -0.444 e. The summed E-state index contributed by atoms with van der Waals surface area (Å²) in [6.07, 6.45) is 2.90. The van der Waals surface area contributed by atoms with Gasteiger partial charge in [0.1, 0.15) is 5.60 Å². The summed E-state index contributed by atoms with van der Waals surface area (Å²) in [6.45, 7) is 6.16. The maximum atomic E-state index is 13.4. The van der Waals surface area contributed by atoms with Crippen molar-refractivity contribution in [3.05, 3.63) is 35.0 Å². The largest absolute Gasteiger partial charge is 0.444 e. The number of nitrogens with one attached hydrogen (secondary N) is 1. The Morgan fingerprint density at radius 3 is 2.59 bits per heavy atom. The SMILES string of the molecule is CC(C)(C)OC(=O)NCCn1cc(C(=O)CCC2CCC(F)(F)CC2)c2c(Cl)cccc21. The summed E-state index contributed by atoms with van der Waals surface area (Å²) >= 11 is 6.42. The molecule has 32 heavy (non-hydrogen) atoms. The molecule has 0 aliphatic heterocycles. The molecule has 1 aromatic heterocycles. The number of aromatic nitrogens is 1. The van der Waals surface area contributed by atoms with Crippen molar-refractivity contribution in [1.29, 1.82) is 0 Å². The number of carbonyl (C=O) groups excluding carboxylic acids is 2. The van der Waals surface area contributed by atoms with Crippen LogP contribution < -0.4 is 5.32 Å². The van der Waals surface area contributed by atoms with E-state index in [1.807, 2.05) is 16.7 Å². The lowest BCUT2D eigenvalue weighted by Crippen LogP contribution is -2.34. The number of Topliss-reactive ketones (excluding diaryl/α,β-unsaturated/α-hetero) is 1. The standard InChI is InChI=1S/C24H31ClF2N2O3/c1-23(2,3)32-22(31)28-13-14-29-15-17(21-18(25)5-4-6-19(21)29)20(30)8-7-16-9-11-24(26,27)12-10-16/h4-6,15-16H,7-14H2,1-3H3,(H,28,31). The first-order chi connectivity index (χ1) is 15.0. The summed E-state index contributed by atoms with van der Waals surface area (Å²) in [5, 5.41) is 3.89. The van der Waals surface area contributed by atoms with Gasteiger partial charge in [-0.05, 0) is 58.1 Å². The lowest BCUT2D eigenvalue weighted by atomic mass is 9.83.